The fourth-order valence-corrected chi connectivity index (χ4v) is 2.53. The lowest BCUT2D eigenvalue weighted by atomic mass is 9.89. The average molecular weight is 285 g/mol. The fourth-order valence-electron chi connectivity index (χ4n) is 2.53. The van der Waals surface area contributed by atoms with Crippen LogP contribution < -0.4 is 5.32 Å². The van der Waals surface area contributed by atoms with Gasteiger partial charge >= 0.3 is 0 Å². The summed E-state index contributed by atoms with van der Waals surface area (Å²) >= 11 is 0. The lowest BCUT2D eigenvalue weighted by Crippen LogP contribution is -2.21. The van der Waals surface area contributed by atoms with Crippen LogP contribution in [0, 0.1) is 6.92 Å². The Hall–Kier alpha value is -1.61. The van der Waals surface area contributed by atoms with E-state index >= 15 is 0 Å². The van der Waals surface area contributed by atoms with Crippen LogP contribution in [0.3, 0.4) is 0 Å². The molecular formula is C18H27N3. The van der Waals surface area contributed by atoms with Crippen LogP contribution in [-0.4, -0.2) is 9.78 Å². The molecule has 3 nitrogen and oxygen atoms in total. The molecule has 0 saturated carbocycles. The van der Waals surface area contributed by atoms with E-state index in [9.17, 15) is 0 Å². The van der Waals surface area contributed by atoms with Crippen molar-refractivity contribution in [1.29, 1.82) is 0 Å². The number of hydrogen-bond donors (Lipinski definition) is 1. The number of nitrogens with zero attached hydrogens (tertiary/aromatic N) is 2. The highest BCUT2D eigenvalue weighted by molar-refractivity contribution is 5.26. The second kappa shape index (κ2) is 6.02. The van der Waals surface area contributed by atoms with Crippen LogP contribution in [0.1, 0.15) is 56.1 Å². The molecule has 0 aliphatic rings. The molecule has 0 fully saturated rings. The topological polar surface area (TPSA) is 29.9 Å². The van der Waals surface area contributed by atoms with Gasteiger partial charge in [0.15, 0.2) is 0 Å². The van der Waals surface area contributed by atoms with E-state index < -0.39 is 0 Å². The monoisotopic (exact) mass is 285 g/mol. The number of rotatable bonds is 4. The molecule has 1 heterocycles. The highest BCUT2D eigenvalue weighted by Crippen LogP contribution is 2.24. The highest BCUT2D eigenvalue weighted by atomic mass is 15.3. The van der Waals surface area contributed by atoms with Crippen LogP contribution in [0.15, 0.2) is 30.5 Å². The third-order valence-electron chi connectivity index (χ3n) is 3.79. The van der Waals surface area contributed by atoms with Crippen molar-refractivity contribution < 1.29 is 0 Å². The van der Waals surface area contributed by atoms with Gasteiger partial charge in [-0.05, 0) is 19.4 Å². The first-order valence-corrected chi connectivity index (χ1v) is 7.60. The summed E-state index contributed by atoms with van der Waals surface area (Å²) in [6.07, 6.45) is 2.12. The summed E-state index contributed by atoms with van der Waals surface area (Å²) in [5, 5.41) is 8.23. The van der Waals surface area contributed by atoms with E-state index in [1.807, 2.05) is 11.7 Å². The Morgan fingerprint density at radius 3 is 2.38 bits per heavy atom. The molecule has 0 bridgehead atoms. The molecule has 1 aromatic carbocycles. The van der Waals surface area contributed by atoms with Gasteiger partial charge in [0.2, 0.25) is 0 Å². The van der Waals surface area contributed by atoms with E-state index in [4.69, 9.17) is 0 Å². The minimum absolute atomic E-state index is 0.0748. The third-order valence-corrected chi connectivity index (χ3v) is 3.79. The lowest BCUT2D eigenvalue weighted by Gasteiger charge is -2.19. The number of aryl methyl sites for hydroxylation is 2. The quantitative estimate of drug-likeness (QED) is 0.924. The van der Waals surface area contributed by atoms with Crippen molar-refractivity contribution in [3.8, 4) is 0 Å². The average Bonchev–Trinajstić information content (AvgIpc) is 2.78. The zero-order valence-electron chi connectivity index (χ0n) is 14.1. The normalized spacial score (nSPS) is 13.4. The summed E-state index contributed by atoms with van der Waals surface area (Å²) in [6.45, 7) is 11.8. The minimum atomic E-state index is 0.0748. The van der Waals surface area contributed by atoms with Crippen molar-refractivity contribution >= 4 is 0 Å². The molecule has 1 aromatic heterocycles. The first-order chi connectivity index (χ1) is 9.77. The lowest BCUT2D eigenvalue weighted by molar-refractivity contribution is 0.531. The standard InChI is InChI=1S/C18H27N3/c1-13-7-9-15(10-8-13)14(2)19-11-16-12-21(6)20-17(16)18(3,4)5/h7-10,12,14,19H,11H2,1-6H3/t14-/m0/s1. The maximum Gasteiger partial charge on any atom is 0.0722 e. The fraction of sp³-hybridized carbons (Fsp3) is 0.500. The number of aromatic nitrogens is 2. The largest absolute Gasteiger partial charge is 0.306 e. The van der Waals surface area contributed by atoms with E-state index in [2.05, 4.69) is 75.5 Å². The maximum absolute atomic E-state index is 4.62. The van der Waals surface area contributed by atoms with Crippen LogP contribution in [0.5, 0.6) is 0 Å². The van der Waals surface area contributed by atoms with E-state index in [-0.39, 0.29) is 5.41 Å². The maximum atomic E-state index is 4.62. The SMILES string of the molecule is Cc1ccc([C@H](C)NCc2cn(C)nc2C(C)(C)C)cc1. The van der Waals surface area contributed by atoms with Crippen LogP contribution in [0.2, 0.25) is 0 Å². The molecule has 0 amide bonds. The van der Waals surface area contributed by atoms with Gasteiger partial charge in [0.1, 0.15) is 0 Å². The summed E-state index contributed by atoms with van der Waals surface area (Å²) in [7, 11) is 1.99. The smallest absolute Gasteiger partial charge is 0.0722 e. The zero-order valence-corrected chi connectivity index (χ0v) is 14.1. The Kier molecular flexibility index (Phi) is 4.52. The zero-order chi connectivity index (χ0) is 15.6. The van der Waals surface area contributed by atoms with Crippen molar-refractivity contribution in [3.05, 3.63) is 52.8 Å². The Labute approximate surface area is 128 Å². The second-order valence-electron chi connectivity index (χ2n) is 6.94. The van der Waals surface area contributed by atoms with E-state index in [1.54, 1.807) is 0 Å². The third kappa shape index (κ3) is 3.94. The summed E-state index contributed by atoms with van der Waals surface area (Å²) in [6, 6.07) is 9.05. The van der Waals surface area contributed by atoms with Crippen molar-refractivity contribution in [3.63, 3.8) is 0 Å². The van der Waals surface area contributed by atoms with Crippen molar-refractivity contribution in [2.24, 2.45) is 7.05 Å². The summed E-state index contributed by atoms with van der Waals surface area (Å²) in [5.41, 5.74) is 5.15. The molecule has 3 heteroatoms. The summed E-state index contributed by atoms with van der Waals surface area (Å²) < 4.78 is 1.91. The Morgan fingerprint density at radius 2 is 1.81 bits per heavy atom. The molecule has 1 atom stereocenters. The van der Waals surface area contributed by atoms with Gasteiger partial charge < -0.3 is 5.32 Å². The molecule has 0 saturated heterocycles. The summed E-state index contributed by atoms with van der Waals surface area (Å²) in [5.74, 6) is 0. The molecule has 21 heavy (non-hydrogen) atoms. The van der Waals surface area contributed by atoms with Crippen LogP contribution in [-0.2, 0) is 19.0 Å². The molecule has 0 aliphatic heterocycles. The van der Waals surface area contributed by atoms with Gasteiger partial charge in [-0.25, -0.2) is 0 Å². The number of benzene rings is 1. The summed E-state index contributed by atoms with van der Waals surface area (Å²) in [4.78, 5) is 0. The first-order valence-electron chi connectivity index (χ1n) is 7.60. The molecule has 0 spiro atoms. The van der Waals surface area contributed by atoms with Crippen LogP contribution in [0.4, 0.5) is 0 Å². The van der Waals surface area contributed by atoms with Gasteiger partial charge in [0.05, 0.1) is 5.69 Å². The van der Waals surface area contributed by atoms with Gasteiger partial charge in [-0.3, -0.25) is 4.68 Å². The van der Waals surface area contributed by atoms with Crippen LogP contribution in [0.25, 0.3) is 0 Å². The van der Waals surface area contributed by atoms with Gasteiger partial charge in [-0.1, -0.05) is 50.6 Å². The van der Waals surface area contributed by atoms with Crippen molar-refractivity contribution in [2.45, 2.75) is 52.6 Å². The minimum Gasteiger partial charge on any atom is -0.306 e. The highest BCUT2D eigenvalue weighted by Gasteiger charge is 2.21. The molecule has 114 valence electrons. The number of nitrogens with one attached hydrogen (secondary N) is 1. The molecule has 2 rings (SSSR count). The molecule has 0 unspecified atom stereocenters. The van der Waals surface area contributed by atoms with Crippen LogP contribution >= 0.6 is 0 Å². The molecule has 2 aromatic rings. The van der Waals surface area contributed by atoms with Gasteiger partial charge in [-0.15, -0.1) is 0 Å². The molecular weight excluding hydrogens is 258 g/mol. The Morgan fingerprint density at radius 1 is 1.19 bits per heavy atom. The first kappa shape index (κ1) is 15.8. The van der Waals surface area contributed by atoms with E-state index in [1.165, 1.54) is 22.4 Å². The molecule has 0 aliphatic carbocycles. The molecule has 1 N–H and O–H groups in total. The Bertz CT molecular complexity index is 588. The van der Waals surface area contributed by atoms with Gasteiger partial charge in [0, 0.05) is 36.8 Å². The van der Waals surface area contributed by atoms with Gasteiger partial charge in [0.25, 0.3) is 0 Å². The number of hydrogen-bond acceptors (Lipinski definition) is 2. The predicted octanol–water partition coefficient (Wildman–Crippen LogP) is 3.88. The van der Waals surface area contributed by atoms with E-state index in [0.29, 0.717) is 6.04 Å². The van der Waals surface area contributed by atoms with Crippen molar-refractivity contribution in [1.82, 2.24) is 15.1 Å². The van der Waals surface area contributed by atoms with Gasteiger partial charge in [-0.2, -0.15) is 5.10 Å². The molecule has 0 radical (unpaired) electrons. The predicted molar refractivity (Wildman–Crippen MR) is 88.3 cm³/mol. The second-order valence-corrected chi connectivity index (χ2v) is 6.94. The Balaban J connectivity index is 2.08. The van der Waals surface area contributed by atoms with Crippen molar-refractivity contribution in [2.75, 3.05) is 0 Å². The van der Waals surface area contributed by atoms with E-state index in [0.717, 1.165) is 6.54 Å².